The van der Waals surface area contributed by atoms with Crippen molar-refractivity contribution in [1.82, 2.24) is 0 Å². The quantitative estimate of drug-likeness (QED) is 0.657. The molecule has 1 aromatic carbocycles. The molecule has 0 aliphatic heterocycles. The Balaban J connectivity index is 3.52. The van der Waals surface area contributed by atoms with Gasteiger partial charge in [0, 0.05) is 5.56 Å². The van der Waals surface area contributed by atoms with Crippen molar-refractivity contribution in [3.05, 3.63) is 34.9 Å². The first-order chi connectivity index (χ1) is 9.23. The Morgan fingerprint density at radius 3 is 1.75 bits per heavy atom. The standard InChI is InChI=1S/C16H21F3O/c1-5-10(3)12-8-7-9-13(11(4)6-2)14(12)15(20)16(17,18)19/h7-11H,5-6H2,1-4H3. The number of hydrogen-bond acceptors (Lipinski definition) is 1. The Hall–Kier alpha value is -1.32. The van der Waals surface area contributed by atoms with Gasteiger partial charge in [-0.1, -0.05) is 45.9 Å². The van der Waals surface area contributed by atoms with Crippen molar-refractivity contribution >= 4 is 5.78 Å². The largest absolute Gasteiger partial charge is 0.454 e. The molecule has 2 atom stereocenters. The van der Waals surface area contributed by atoms with Crippen molar-refractivity contribution in [1.29, 1.82) is 0 Å². The van der Waals surface area contributed by atoms with Crippen LogP contribution in [0, 0.1) is 0 Å². The normalized spacial score (nSPS) is 14.9. The molecule has 0 spiro atoms. The first kappa shape index (κ1) is 16.7. The lowest BCUT2D eigenvalue weighted by Gasteiger charge is -2.21. The highest BCUT2D eigenvalue weighted by Gasteiger charge is 2.42. The van der Waals surface area contributed by atoms with Gasteiger partial charge in [0.25, 0.3) is 5.78 Å². The van der Waals surface area contributed by atoms with Gasteiger partial charge < -0.3 is 0 Å². The average molecular weight is 286 g/mol. The number of ketones is 1. The van der Waals surface area contributed by atoms with E-state index in [2.05, 4.69) is 0 Å². The van der Waals surface area contributed by atoms with Crippen LogP contribution in [-0.4, -0.2) is 12.0 Å². The summed E-state index contributed by atoms with van der Waals surface area (Å²) in [7, 11) is 0. The van der Waals surface area contributed by atoms with Crippen molar-refractivity contribution in [2.45, 2.75) is 58.5 Å². The Morgan fingerprint density at radius 2 is 1.45 bits per heavy atom. The van der Waals surface area contributed by atoms with Crippen molar-refractivity contribution < 1.29 is 18.0 Å². The van der Waals surface area contributed by atoms with Crippen LogP contribution in [0.4, 0.5) is 13.2 Å². The number of Topliss-reactive ketones (excluding diaryl/α,β-unsaturated/α-hetero) is 1. The first-order valence-electron chi connectivity index (χ1n) is 6.98. The molecule has 0 aromatic heterocycles. The minimum absolute atomic E-state index is 0.0692. The van der Waals surface area contributed by atoms with Gasteiger partial charge in [-0.25, -0.2) is 0 Å². The van der Waals surface area contributed by atoms with E-state index in [4.69, 9.17) is 0 Å². The molecule has 1 rings (SSSR count). The molecule has 0 saturated heterocycles. The van der Waals surface area contributed by atoms with Crippen LogP contribution in [0.15, 0.2) is 18.2 Å². The van der Waals surface area contributed by atoms with E-state index < -0.39 is 12.0 Å². The molecule has 0 radical (unpaired) electrons. The van der Waals surface area contributed by atoms with Gasteiger partial charge in [0.2, 0.25) is 0 Å². The lowest BCUT2D eigenvalue weighted by molar-refractivity contribution is -0.0886. The van der Waals surface area contributed by atoms with Gasteiger partial charge in [0.15, 0.2) is 0 Å². The number of rotatable bonds is 5. The van der Waals surface area contributed by atoms with Crippen LogP contribution in [0.3, 0.4) is 0 Å². The van der Waals surface area contributed by atoms with E-state index in [9.17, 15) is 18.0 Å². The van der Waals surface area contributed by atoms with Crippen molar-refractivity contribution in [3.8, 4) is 0 Å². The molecular formula is C16H21F3O. The van der Waals surface area contributed by atoms with E-state index in [1.54, 1.807) is 18.2 Å². The van der Waals surface area contributed by atoms with E-state index in [1.807, 2.05) is 27.7 Å². The van der Waals surface area contributed by atoms with E-state index in [-0.39, 0.29) is 17.4 Å². The number of alkyl halides is 3. The fourth-order valence-electron chi connectivity index (χ4n) is 2.25. The molecule has 0 fully saturated rings. The summed E-state index contributed by atoms with van der Waals surface area (Å²) < 4.78 is 38.6. The van der Waals surface area contributed by atoms with E-state index in [0.29, 0.717) is 24.0 Å². The maximum Gasteiger partial charge on any atom is 0.454 e. The molecule has 0 heterocycles. The predicted molar refractivity (Wildman–Crippen MR) is 74.2 cm³/mol. The van der Waals surface area contributed by atoms with Crippen molar-refractivity contribution in [2.75, 3.05) is 0 Å². The summed E-state index contributed by atoms with van der Waals surface area (Å²) in [6.07, 6.45) is -3.43. The van der Waals surface area contributed by atoms with Crippen molar-refractivity contribution in [2.24, 2.45) is 0 Å². The molecular weight excluding hydrogens is 265 g/mol. The van der Waals surface area contributed by atoms with Crippen LogP contribution >= 0.6 is 0 Å². The Bertz CT molecular complexity index is 449. The second kappa shape index (κ2) is 6.42. The Morgan fingerprint density at radius 1 is 1.05 bits per heavy atom. The van der Waals surface area contributed by atoms with Crippen LogP contribution < -0.4 is 0 Å². The summed E-state index contributed by atoms with van der Waals surface area (Å²) in [5.41, 5.74) is 0.879. The van der Waals surface area contributed by atoms with Crippen LogP contribution in [0.2, 0.25) is 0 Å². The maximum absolute atomic E-state index is 12.9. The molecule has 0 saturated carbocycles. The zero-order valence-corrected chi connectivity index (χ0v) is 12.3. The average Bonchev–Trinajstić information content (AvgIpc) is 2.42. The molecule has 0 bridgehead atoms. The molecule has 1 aromatic rings. The molecule has 0 amide bonds. The summed E-state index contributed by atoms with van der Waals surface area (Å²) in [5.74, 6) is -1.86. The SMILES string of the molecule is CCC(C)c1cccc(C(C)CC)c1C(=O)C(F)(F)F. The third-order valence-corrected chi connectivity index (χ3v) is 3.90. The summed E-state index contributed by atoms with van der Waals surface area (Å²) in [6, 6.07) is 5.02. The molecule has 4 heteroatoms. The predicted octanol–water partition coefficient (Wildman–Crippen LogP) is 5.46. The van der Waals surface area contributed by atoms with Gasteiger partial charge in [-0.2, -0.15) is 13.2 Å². The number of carbonyl (C=O) groups is 1. The van der Waals surface area contributed by atoms with E-state index in [0.717, 1.165) is 0 Å². The van der Waals surface area contributed by atoms with Gasteiger partial charge >= 0.3 is 6.18 Å². The molecule has 0 aliphatic carbocycles. The van der Waals surface area contributed by atoms with E-state index >= 15 is 0 Å². The van der Waals surface area contributed by atoms with Crippen LogP contribution in [-0.2, 0) is 0 Å². The Labute approximate surface area is 118 Å². The third-order valence-electron chi connectivity index (χ3n) is 3.90. The number of hydrogen-bond donors (Lipinski definition) is 0. The zero-order chi connectivity index (χ0) is 15.5. The lowest BCUT2D eigenvalue weighted by atomic mass is 9.84. The molecule has 2 unspecified atom stereocenters. The number of halogens is 3. The molecule has 1 nitrogen and oxygen atoms in total. The Kier molecular flexibility index (Phi) is 5.37. The zero-order valence-electron chi connectivity index (χ0n) is 12.3. The van der Waals surface area contributed by atoms with Gasteiger partial charge in [0.1, 0.15) is 0 Å². The third kappa shape index (κ3) is 3.41. The first-order valence-corrected chi connectivity index (χ1v) is 6.98. The molecule has 20 heavy (non-hydrogen) atoms. The minimum Gasteiger partial charge on any atom is -0.284 e. The van der Waals surface area contributed by atoms with Crippen LogP contribution in [0.1, 0.15) is 73.9 Å². The van der Waals surface area contributed by atoms with Gasteiger partial charge in [-0.3, -0.25) is 4.79 Å². The van der Waals surface area contributed by atoms with Crippen LogP contribution in [0.5, 0.6) is 0 Å². The topological polar surface area (TPSA) is 17.1 Å². The smallest absolute Gasteiger partial charge is 0.284 e. The molecule has 0 N–H and O–H groups in total. The summed E-state index contributed by atoms with van der Waals surface area (Å²) >= 11 is 0. The van der Waals surface area contributed by atoms with Gasteiger partial charge in [-0.05, 0) is 35.8 Å². The number of carbonyl (C=O) groups excluding carboxylic acids is 1. The monoisotopic (exact) mass is 286 g/mol. The summed E-state index contributed by atoms with van der Waals surface area (Å²) in [4.78, 5) is 11.8. The summed E-state index contributed by atoms with van der Waals surface area (Å²) in [6.45, 7) is 7.51. The highest BCUT2D eigenvalue weighted by atomic mass is 19.4. The highest BCUT2D eigenvalue weighted by Crippen LogP contribution is 2.34. The fraction of sp³-hybridized carbons (Fsp3) is 0.562. The van der Waals surface area contributed by atoms with Crippen LogP contribution in [0.25, 0.3) is 0 Å². The minimum atomic E-state index is -4.83. The second-order valence-electron chi connectivity index (χ2n) is 5.26. The number of benzene rings is 1. The van der Waals surface area contributed by atoms with Gasteiger partial charge in [-0.15, -0.1) is 0 Å². The molecule has 112 valence electrons. The summed E-state index contributed by atoms with van der Waals surface area (Å²) in [5, 5.41) is 0. The fourth-order valence-corrected chi connectivity index (χ4v) is 2.25. The second-order valence-corrected chi connectivity index (χ2v) is 5.26. The van der Waals surface area contributed by atoms with Gasteiger partial charge in [0.05, 0.1) is 0 Å². The molecule has 0 aliphatic rings. The van der Waals surface area contributed by atoms with Crippen molar-refractivity contribution in [3.63, 3.8) is 0 Å². The van der Waals surface area contributed by atoms with E-state index in [1.165, 1.54) is 0 Å². The highest BCUT2D eigenvalue weighted by molar-refractivity contribution is 6.03. The maximum atomic E-state index is 12.9. The lowest BCUT2D eigenvalue weighted by Crippen LogP contribution is -2.26.